The third-order valence-electron chi connectivity index (χ3n) is 2.89. The molecule has 0 radical (unpaired) electrons. The van der Waals surface area contributed by atoms with Crippen molar-refractivity contribution in [3.05, 3.63) is 29.6 Å². The summed E-state index contributed by atoms with van der Waals surface area (Å²) in [6, 6.07) is 3.16. The lowest BCUT2D eigenvalue weighted by Crippen LogP contribution is -2.42. The SMILES string of the molecule is CC(C)CN(C(=O)Nc1ccc(F)c(C(=O)O)c1)C(C)C. The van der Waals surface area contributed by atoms with Gasteiger partial charge in [-0.15, -0.1) is 0 Å². The van der Waals surface area contributed by atoms with E-state index in [4.69, 9.17) is 5.11 Å². The van der Waals surface area contributed by atoms with E-state index in [1.54, 1.807) is 4.90 Å². The smallest absolute Gasteiger partial charge is 0.338 e. The van der Waals surface area contributed by atoms with Gasteiger partial charge in [-0.2, -0.15) is 0 Å². The monoisotopic (exact) mass is 296 g/mol. The number of anilines is 1. The molecule has 0 spiro atoms. The fraction of sp³-hybridized carbons (Fsp3) is 0.467. The van der Waals surface area contributed by atoms with Gasteiger partial charge in [0, 0.05) is 18.3 Å². The number of carbonyl (C=O) groups excluding carboxylic acids is 1. The molecule has 0 heterocycles. The highest BCUT2D eigenvalue weighted by Gasteiger charge is 2.19. The standard InChI is InChI=1S/C15H21FN2O3/c1-9(2)8-18(10(3)4)15(21)17-11-5-6-13(16)12(7-11)14(19)20/h5-7,9-10H,8H2,1-4H3,(H,17,21)(H,19,20). The number of hydrogen-bond acceptors (Lipinski definition) is 2. The largest absolute Gasteiger partial charge is 0.478 e. The Bertz CT molecular complexity index is 530. The van der Waals surface area contributed by atoms with E-state index in [0.29, 0.717) is 12.5 Å². The zero-order valence-electron chi connectivity index (χ0n) is 12.7. The molecule has 0 bridgehead atoms. The molecule has 0 aliphatic carbocycles. The van der Waals surface area contributed by atoms with Gasteiger partial charge in [-0.1, -0.05) is 13.8 Å². The highest BCUT2D eigenvalue weighted by molar-refractivity contribution is 5.93. The Morgan fingerprint density at radius 1 is 1.29 bits per heavy atom. The number of carbonyl (C=O) groups is 2. The van der Waals surface area contributed by atoms with Gasteiger partial charge in [0.2, 0.25) is 0 Å². The first-order chi connectivity index (χ1) is 9.72. The number of aromatic carboxylic acids is 1. The first-order valence-corrected chi connectivity index (χ1v) is 6.82. The van der Waals surface area contributed by atoms with Crippen molar-refractivity contribution in [1.29, 1.82) is 0 Å². The molecule has 1 aromatic rings. The van der Waals surface area contributed by atoms with Gasteiger partial charge in [0.15, 0.2) is 0 Å². The fourth-order valence-corrected chi connectivity index (χ4v) is 1.88. The maximum atomic E-state index is 13.3. The Balaban J connectivity index is 2.91. The molecule has 0 atom stereocenters. The van der Waals surface area contributed by atoms with Crippen molar-refractivity contribution in [3.8, 4) is 0 Å². The number of hydrogen-bond donors (Lipinski definition) is 2. The lowest BCUT2D eigenvalue weighted by Gasteiger charge is -2.28. The van der Waals surface area contributed by atoms with E-state index in [1.807, 2.05) is 27.7 Å². The lowest BCUT2D eigenvalue weighted by atomic mass is 10.1. The van der Waals surface area contributed by atoms with Crippen molar-refractivity contribution >= 4 is 17.7 Å². The van der Waals surface area contributed by atoms with E-state index in [2.05, 4.69) is 5.32 Å². The van der Waals surface area contributed by atoms with Gasteiger partial charge >= 0.3 is 12.0 Å². The maximum Gasteiger partial charge on any atom is 0.338 e. The molecule has 0 fully saturated rings. The summed E-state index contributed by atoms with van der Waals surface area (Å²) < 4.78 is 13.3. The summed E-state index contributed by atoms with van der Waals surface area (Å²) in [7, 11) is 0. The van der Waals surface area contributed by atoms with Crippen LogP contribution >= 0.6 is 0 Å². The molecule has 0 aliphatic rings. The van der Waals surface area contributed by atoms with Crippen LogP contribution in [0.2, 0.25) is 0 Å². The summed E-state index contributed by atoms with van der Waals surface area (Å²) in [5.74, 6) is -1.89. The zero-order valence-corrected chi connectivity index (χ0v) is 12.7. The maximum absolute atomic E-state index is 13.3. The highest BCUT2D eigenvalue weighted by Crippen LogP contribution is 2.16. The van der Waals surface area contributed by atoms with Gasteiger partial charge in [0.1, 0.15) is 5.82 Å². The quantitative estimate of drug-likeness (QED) is 0.874. The summed E-state index contributed by atoms with van der Waals surface area (Å²) in [6.45, 7) is 8.38. The number of amides is 2. The molecule has 21 heavy (non-hydrogen) atoms. The molecule has 116 valence electrons. The molecular formula is C15H21FN2O3. The van der Waals surface area contributed by atoms with Crippen LogP contribution in [0.5, 0.6) is 0 Å². The van der Waals surface area contributed by atoms with Crippen LogP contribution in [0, 0.1) is 11.7 Å². The highest BCUT2D eigenvalue weighted by atomic mass is 19.1. The predicted octanol–water partition coefficient (Wildman–Crippen LogP) is 3.42. The lowest BCUT2D eigenvalue weighted by molar-refractivity contribution is 0.0692. The van der Waals surface area contributed by atoms with Crippen LogP contribution in [0.15, 0.2) is 18.2 Å². The number of carboxylic acid groups (broad SMARTS) is 1. The number of carboxylic acids is 1. The van der Waals surface area contributed by atoms with Gasteiger partial charge < -0.3 is 15.3 Å². The second-order valence-electron chi connectivity index (χ2n) is 5.57. The van der Waals surface area contributed by atoms with E-state index in [9.17, 15) is 14.0 Å². The summed E-state index contributed by atoms with van der Waals surface area (Å²) >= 11 is 0. The normalized spacial score (nSPS) is 10.8. The van der Waals surface area contributed by atoms with E-state index >= 15 is 0 Å². The minimum Gasteiger partial charge on any atom is -0.478 e. The van der Waals surface area contributed by atoms with Crippen LogP contribution in [0.3, 0.4) is 0 Å². The Morgan fingerprint density at radius 2 is 1.90 bits per heavy atom. The average Bonchev–Trinajstić information content (AvgIpc) is 2.37. The number of rotatable bonds is 5. The van der Waals surface area contributed by atoms with Crippen LogP contribution in [-0.2, 0) is 0 Å². The number of nitrogens with one attached hydrogen (secondary N) is 1. The van der Waals surface area contributed by atoms with Crippen molar-refractivity contribution in [2.75, 3.05) is 11.9 Å². The van der Waals surface area contributed by atoms with Gasteiger partial charge in [0.25, 0.3) is 0 Å². The molecule has 0 saturated carbocycles. The second-order valence-corrected chi connectivity index (χ2v) is 5.57. The summed E-state index contributed by atoms with van der Waals surface area (Å²) in [4.78, 5) is 24.8. The first kappa shape index (κ1) is 16.9. The van der Waals surface area contributed by atoms with Crippen LogP contribution in [0.4, 0.5) is 14.9 Å². The molecule has 0 unspecified atom stereocenters. The van der Waals surface area contributed by atoms with E-state index in [-0.39, 0.29) is 17.8 Å². The minimum atomic E-state index is -1.37. The van der Waals surface area contributed by atoms with Crippen molar-refractivity contribution in [2.24, 2.45) is 5.92 Å². The van der Waals surface area contributed by atoms with Crippen LogP contribution < -0.4 is 5.32 Å². The number of urea groups is 1. The van der Waals surface area contributed by atoms with Gasteiger partial charge in [-0.3, -0.25) is 0 Å². The van der Waals surface area contributed by atoms with Crippen molar-refractivity contribution in [3.63, 3.8) is 0 Å². The zero-order chi connectivity index (χ0) is 16.2. The molecule has 0 aromatic heterocycles. The molecule has 6 heteroatoms. The summed E-state index contributed by atoms with van der Waals surface area (Å²) in [5.41, 5.74) is -0.207. The summed E-state index contributed by atoms with van der Waals surface area (Å²) in [5, 5.41) is 11.5. The molecule has 5 nitrogen and oxygen atoms in total. The van der Waals surface area contributed by atoms with E-state index in [0.717, 1.165) is 12.1 Å². The van der Waals surface area contributed by atoms with E-state index < -0.39 is 17.3 Å². The Hall–Kier alpha value is -2.11. The van der Waals surface area contributed by atoms with Gasteiger partial charge in [-0.05, 0) is 38.0 Å². The molecule has 2 amide bonds. The number of benzene rings is 1. The van der Waals surface area contributed by atoms with Crippen LogP contribution in [0.25, 0.3) is 0 Å². The van der Waals surface area contributed by atoms with E-state index in [1.165, 1.54) is 6.07 Å². The summed E-state index contributed by atoms with van der Waals surface area (Å²) in [6.07, 6.45) is 0. The van der Waals surface area contributed by atoms with Crippen molar-refractivity contribution in [2.45, 2.75) is 33.7 Å². The molecule has 0 saturated heterocycles. The Morgan fingerprint density at radius 3 is 2.38 bits per heavy atom. The number of nitrogens with zero attached hydrogens (tertiary/aromatic N) is 1. The predicted molar refractivity (Wildman–Crippen MR) is 79.1 cm³/mol. The topological polar surface area (TPSA) is 69.6 Å². The first-order valence-electron chi connectivity index (χ1n) is 6.82. The second kappa shape index (κ2) is 7.06. The molecule has 2 N–H and O–H groups in total. The fourth-order valence-electron chi connectivity index (χ4n) is 1.88. The molecular weight excluding hydrogens is 275 g/mol. The van der Waals surface area contributed by atoms with Gasteiger partial charge in [-0.25, -0.2) is 14.0 Å². The molecule has 1 rings (SSSR count). The Kier molecular flexibility index (Phi) is 5.69. The Labute approximate surface area is 123 Å². The van der Waals surface area contributed by atoms with Crippen molar-refractivity contribution < 1.29 is 19.1 Å². The van der Waals surface area contributed by atoms with Crippen molar-refractivity contribution in [1.82, 2.24) is 4.90 Å². The van der Waals surface area contributed by atoms with Crippen LogP contribution in [0.1, 0.15) is 38.1 Å². The van der Waals surface area contributed by atoms with Gasteiger partial charge in [0.05, 0.1) is 5.56 Å². The average molecular weight is 296 g/mol. The van der Waals surface area contributed by atoms with Crippen LogP contribution in [-0.4, -0.2) is 34.6 Å². The minimum absolute atomic E-state index is 0.00629. The third kappa shape index (κ3) is 4.73. The molecule has 1 aromatic carbocycles. The molecule has 0 aliphatic heterocycles. The number of halogens is 1. The third-order valence-corrected chi connectivity index (χ3v) is 2.89.